The van der Waals surface area contributed by atoms with Crippen molar-refractivity contribution in [3.05, 3.63) is 70.5 Å². The predicted octanol–water partition coefficient (Wildman–Crippen LogP) is 2.26. The third-order valence-corrected chi connectivity index (χ3v) is 4.57. The van der Waals surface area contributed by atoms with Crippen LogP contribution in [-0.4, -0.2) is 34.0 Å². The molecule has 5 nitrogen and oxygen atoms in total. The van der Waals surface area contributed by atoms with Gasteiger partial charge >= 0.3 is 0 Å². The molecule has 0 radical (unpaired) electrons. The maximum Gasteiger partial charge on any atom is 0.264 e. The number of benzene rings is 2. The molecule has 7 heteroatoms. The van der Waals surface area contributed by atoms with Gasteiger partial charge in [-0.3, -0.25) is 9.59 Å². The van der Waals surface area contributed by atoms with Crippen molar-refractivity contribution >= 4 is 23.4 Å². The summed E-state index contributed by atoms with van der Waals surface area (Å²) in [6.45, 7) is 0.572. The summed E-state index contributed by atoms with van der Waals surface area (Å²) >= 11 is 5.78. The molecule has 0 spiro atoms. The molecule has 0 bridgehead atoms. The minimum atomic E-state index is -2.11. The summed E-state index contributed by atoms with van der Waals surface area (Å²) in [6, 6.07) is 13.2. The Labute approximate surface area is 155 Å². The van der Waals surface area contributed by atoms with Crippen molar-refractivity contribution < 1.29 is 19.1 Å². The third kappa shape index (κ3) is 3.86. The van der Waals surface area contributed by atoms with Crippen molar-refractivity contribution in [3.8, 4) is 0 Å². The maximum absolute atomic E-state index is 13.3. The van der Waals surface area contributed by atoms with Gasteiger partial charge in [0.25, 0.3) is 11.8 Å². The molecule has 2 N–H and O–H groups in total. The molecule has 2 aromatic rings. The van der Waals surface area contributed by atoms with Crippen LogP contribution in [0.2, 0.25) is 5.02 Å². The standard InChI is InChI=1S/C19H18ClFN2O3/c20-15-8-14(9-16(21)10-15)11-22-17(24)19(26)6-7-23(18(19)25)12-13-4-2-1-3-5-13/h1-5,8-10,26H,6-7,11-12H2,(H,22,24)/t19-/m0/s1. The first kappa shape index (κ1) is 18.4. The average molecular weight is 377 g/mol. The van der Waals surface area contributed by atoms with Crippen molar-refractivity contribution in [2.75, 3.05) is 6.54 Å². The van der Waals surface area contributed by atoms with Gasteiger partial charge in [0.05, 0.1) is 0 Å². The summed E-state index contributed by atoms with van der Waals surface area (Å²) in [6.07, 6.45) is 0.00834. The second kappa shape index (κ2) is 7.43. The topological polar surface area (TPSA) is 69.6 Å². The number of amides is 2. The highest BCUT2D eigenvalue weighted by atomic mass is 35.5. The first-order valence-electron chi connectivity index (χ1n) is 8.17. The van der Waals surface area contributed by atoms with Crippen molar-refractivity contribution in [2.24, 2.45) is 0 Å². The van der Waals surface area contributed by atoms with Gasteiger partial charge in [0.1, 0.15) is 5.82 Å². The van der Waals surface area contributed by atoms with Crippen molar-refractivity contribution in [3.63, 3.8) is 0 Å². The van der Waals surface area contributed by atoms with E-state index in [-0.39, 0.29) is 24.5 Å². The Kier molecular flexibility index (Phi) is 5.25. The van der Waals surface area contributed by atoms with E-state index in [1.165, 1.54) is 17.0 Å². The van der Waals surface area contributed by atoms with Gasteiger partial charge in [-0.15, -0.1) is 0 Å². The van der Waals surface area contributed by atoms with E-state index in [9.17, 15) is 19.1 Å². The molecule has 0 aromatic heterocycles. The van der Waals surface area contributed by atoms with Gasteiger partial charge in [-0.05, 0) is 29.3 Å². The van der Waals surface area contributed by atoms with Crippen LogP contribution < -0.4 is 5.32 Å². The van der Waals surface area contributed by atoms with Crippen LogP contribution in [0.1, 0.15) is 17.5 Å². The Morgan fingerprint density at radius 2 is 1.96 bits per heavy atom. The van der Waals surface area contributed by atoms with Crippen LogP contribution in [0.3, 0.4) is 0 Å². The summed E-state index contributed by atoms with van der Waals surface area (Å²) in [4.78, 5) is 26.4. The van der Waals surface area contributed by atoms with E-state index in [1.54, 1.807) is 0 Å². The van der Waals surface area contributed by atoms with Crippen LogP contribution in [0.5, 0.6) is 0 Å². The molecule has 1 saturated heterocycles. The van der Waals surface area contributed by atoms with Crippen LogP contribution in [0.4, 0.5) is 4.39 Å². The number of rotatable bonds is 5. The van der Waals surface area contributed by atoms with E-state index >= 15 is 0 Å². The molecule has 1 aliphatic heterocycles. The number of carbonyl (C=O) groups excluding carboxylic acids is 2. The lowest BCUT2D eigenvalue weighted by Crippen LogP contribution is -2.52. The Morgan fingerprint density at radius 3 is 2.65 bits per heavy atom. The van der Waals surface area contributed by atoms with Crippen LogP contribution in [-0.2, 0) is 22.7 Å². The largest absolute Gasteiger partial charge is 0.372 e. The highest BCUT2D eigenvalue weighted by Crippen LogP contribution is 2.25. The Morgan fingerprint density at radius 1 is 1.23 bits per heavy atom. The Bertz CT molecular complexity index is 811. The molecule has 1 heterocycles. The van der Waals surface area contributed by atoms with Gasteiger partial charge in [-0.25, -0.2) is 4.39 Å². The number of halogens is 2. The van der Waals surface area contributed by atoms with Crippen molar-refractivity contribution in [1.82, 2.24) is 10.2 Å². The number of aliphatic hydroxyl groups is 1. The Balaban J connectivity index is 1.64. The molecule has 3 rings (SSSR count). The number of carbonyl (C=O) groups is 2. The fourth-order valence-corrected chi connectivity index (χ4v) is 3.22. The molecule has 0 aliphatic carbocycles. The highest BCUT2D eigenvalue weighted by Gasteiger charge is 2.51. The quantitative estimate of drug-likeness (QED) is 0.786. The average Bonchev–Trinajstić information content (AvgIpc) is 2.89. The zero-order chi connectivity index (χ0) is 18.7. The van der Waals surface area contributed by atoms with Crippen molar-refractivity contribution in [1.29, 1.82) is 0 Å². The fraction of sp³-hybridized carbons (Fsp3) is 0.263. The molecule has 2 amide bonds. The predicted molar refractivity (Wildman–Crippen MR) is 94.7 cm³/mol. The lowest BCUT2D eigenvalue weighted by molar-refractivity contribution is -0.154. The normalized spacial score (nSPS) is 19.7. The third-order valence-electron chi connectivity index (χ3n) is 4.35. The molecule has 1 aliphatic rings. The summed E-state index contributed by atoms with van der Waals surface area (Å²) in [5, 5.41) is 13.3. The second-order valence-corrected chi connectivity index (χ2v) is 6.72. The summed E-state index contributed by atoms with van der Waals surface area (Å²) in [5.74, 6) is -1.94. The Hall–Kier alpha value is -2.44. The van der Waals surface area contributed by atoms with Crippen LogP contribution >= 0.6 is 11.6 Å². The number of likely N-dealkylation sites (tertiary alicyclic amines) is 1. The first-order valence-corrected chi connectivity index (χ1v) is 8.55. The van der Waals surface area contributed by atoms with Crippen LogP contribution in [0.25, 0.3) is 0 Å². The van der Waals surface area contributed by atoms with E-state index in [4.69, 9.17) is 11.6 Å². The fourth-order valence-electron chi connectivity index (χ4n) is 2.97. The van der Waals surface area contributed by atoms with E-state index in [1.807, 2.05) is 30.3 Å². The van der Waals surface area contributed by atoms with E-state index < -0.39 is 23.2 Å². The lowest BCUT2D eigenvalue weighted by atomic mass is 10.0. The van der Waals surface area contributed by atoms with Gasteiger partial charge in [0, 0.05) is 31.1 Å². The number of hydrogen-bond acceptors (Lipinski definition) is 3. The van der Waals surface area contributed by atoms with Gasteiger partial charge in [0.15, 0.2) is 0 Å². The highest BCUT2D eigenvalue weighted by molar-refractivity contribution is 6.30. The molecular formula is C19H18ClFN2O3. The van der Waals surface area contributed by atoms with Gasteiger partial charge in [0.2, 0.25) is 5.60 Å². The van der Waals surface area contributed by atoms with Crippen LogP contribution in [0, 0.1) is 5.82 Å². The molecule has 2 aromatic carbocycles. The number of nitrogens with one attached hydrogen (secondary N) is 1. The van der Waals surface area contributed by atoms with Crippen molar-refractivity contribution in [2.45, 2.75) is 25.1 Å². The lowest BCUT2D eigenvalue weighted by Gasteiger charge is -2.22. The first-order chi connectivity index (χ1) is 12.4. The van der Waals surface area contributed by atoms with E-state index in [0.29, 0.717) is 12.1 Å². The maximum atomic E-state index is 13.3. The zero-order valence-corrected chi connectivity index (χ0v) is 14.7. The van der Waals surface area contributed by atoms with E-state index in [0.717, 1.165) is 11.6 Å². The van der Waals surface area contributed by atoms with Gasteiger partial charge in [-0.1, -0.05) is 41.9 Å². The second-order valence-electron chi connectivity index (χ2n) is 6.28. The smallest absolute Gasteiger partial charge is 0.264 e. The van der Waals surface area contributed by atoms with Crippen LogP contribution in [0.15, 0.2) is 48.5 Å². The van der Waals surface area contributed by atoms with Gasteiger partial charge < -0.3 is 15.3 Å². The van der Waals surface area contributed by atoms with Gasteiger partial charge in [-0.2, -0.15) is 0 Å². The molecule has 1 fully saturated rings. The molecule has 0 saturated carbocycles. The number of hydrogen-bond donors (Lipinski definition) is 2. The summed E-state index contributed by atoms with van der Waals surface area (Å²) < 4.78 is 13.3. The summed E-state index contributed by atoms with van der Waals surface area (Å²) in [5.41, 5.74) is -0.746. The molecule has 136 valence electrons. The molecule has 1 atom stereocenters. The molecule has 26 heavy (non-hydrogen) atoms. The zero-order valence-electron chi connectivity index (χ0n) is 13.9. The minimum absolute atomic E-state index is 0.00834. The molecular weight excluding hydrogens is 359 g/mol. The van der Waals surface area contributed by atoms with E-state index in [2.05, 4.69) is 5.32 Å². The molecule has 0 unspecified atom stereocenters. The summed E-state index contributed by atoms with van der Waals surface area (Å²) in [7, 11) is 0. The number of nitrogens with zero attached hydrogens (tertiary/aromatic N) is 1. The SMILES string of the molecule is O=C(NCc1cc(F)cc(Cl)c1)[C@@]1(O)CCN(Cc2ccccc2)C1=O. The monoisotopic (exact) mass is 376 g/mol. The minimum Gasteiger partial charge on any atom is -0.372 e.